The molecule has 3 atom stereocenters. The number of hydrogen-bond acceptors (Lipinski definition) is 3. The third-order valence-electron chi connectivity index (χ3n) is 7.70. The summed E-state index contributed by atoms with van der Waals surface area (Å²) in [5.74, 6) is 0.298. The number of amides is 2. The average molecular weight is 506 g/mol. The summed E-state index contributed by atoms with van der Waals surface area (Å²) in [5, 5.41) is 3.88. The van der Waals surface area contributed by atoms with Gasteiger partial charge >= 0.3 is 0 Å². The molecular weight excluding hydrogens is 481 g/mol. The first-order valence-electron chi connectivity index (χ1n) is 12.0. The van der Waals surface area contributed by atoms with Crippen LogP contribution in [-0.4, -0.2) is 35.3 Å². The minimum atomic E-state index is -0.290. The summed E-state index contributed by atoms with van der Waals surface area (Å²) < 4.78 is 0. The predicted octanol–water partition coefficient (Wildman–Crippen LogP) is 6.26. The van der Waals surface area contributed by atoms with Gasteiger partial charge in [0.05, 0.1) is 10.6 Å². The van der Waals surface area contributed by atoms with Crippen LogP contribution in [0.15, 0.2) is 66.7 Å². The Morgan fingerprint density at radius 2 is 1.74 bits per heavy atom. The lowest BCUT2D eigenvalue weighted by molar-refractivity contribution is 0.0961. The molecule has 2 amide bonds. The molecule has 3 unspecified atom stereocenters. The topological polar surface area (TPSA) is 52.7 Å². The summed E-state index contributed by atoms with van der Waals surface area (Å²) in [6.07, 6.45) is 3.72. The van der Waals surface area contributed by atoms with E-state index >= 15 is 0 Å². The van der Waals surface area contributed by atoms with Crippen molar-refractivity contribution in [2.24, 2.45) is 5.92 Å². The van der Waals surface area contributed by atoms with E-state index in [2.05, 4.69) is 16.3 Å². The first-order chi connectivity index (χ1) is 17.0. The zero-order valence-electron chi connectivity index (χ0n) is 19.1. The highest BCUT2D eigenvalue weighted by Gasteiger charge is 2.48. The number of piperidine rings is 1. The predicted molar refractivity (Wildman–Crippen MR) is 139 cm³/mol. The summed E-state index contributed by atoms with van der Waals surface area (Å²) in [6.45, 7) is 1.52. The second-order valence-electron chi connectivity index (χ2n) is 9.67. The molecule has 5 nitrogen and oxygen atoms in total. The highest BCUT2D eigenvalue weighted by atomic mass is 35.5. The minimum absolute atomic E-state index is 0.0536. The Labute approximate surface area is 214 Å². The van der Waals surface area contributed by atoms with E-state index in [0.29, 0.717) is 51.4 Å². The number of nitrogens with one attached hydrogen (secondary N) is 1. The second kappa shape index (κ2) is 8.98. The van der Waals surface area contributed by atoms with E-state index < -0.39 is 0 Å². The van der Waals surface area contributed by atoms with Crippen molar-refractivity contribution in [2.45, 2.75) is 37.9 Å². The van der Waals surface area contributed by atoms with Crippen molar-refractivity contribution in [3.05, 3.63) is 93.5 Å². The zero-order valence-corrected chi connectivity index (χ0v) is 20.6. The number of fused-ring (bicyclic) bond motifs is 6. The number of carbonyl (C=O) groups excluding carboxylic acids is 2. The van der Waals surface area contributed by atoms with Gasteiger partial charge in [0.25, 0.3) is 11.8 Å². The van der Waals surface area contributed by atoms with Crippen molar-refractivity contribution in [3.63, 3.8) is 0 Å². The standard InChI is InChI=1S/C28H25Cl2N3O2/c29-20-9-5-19-15-32-22-12-8-18(13-22)26(32)16-33(25(19)14-20)28(35)17-6-10-21(11-7-17)31-27(34)23-3-1-2-4-24(23)30/h1-7,9-11,14,18,22,26H,8,12-13,15-16H2,(H,31,34). The van der Waals surface area contributed by atoms with Gasteiger partial charge in [-0.25, -0.2) is 0 Å². The molecule has 1 N–H and O–H groups in total. The molecular formula is C28H25Cl2N3O2. The second-order valence-corrected chi connectivity index (χ2v) is 10.5. The van der Waals surface area contributed by atoms with Crippen LogP contribution in [-0.2, 0) is 6.54 Å². The Morgan fingerprint density at radius 3 is 2.54 bits per heavy atom. The number of carbonyl (C=O) groups is 2. The first-order valence-corrected chi connectivity index (χ1v) is 12.8. The van der Waals surface area contributed by atoms with Gasteiger partial charge in [-0.1, -0.05) is 41.4 Å². The molecule has 1 saturated heterocycles. The molecule has 0 spiro atoms. The lowest BCUT2D eigenvalue weighted by Crippen LogP contribution is -2.46. The van der Waals surface area contributed by atoms with E-state index in [1.165, 1.54) is 19.3 Å². The van der Waals surface area contributed by atoms with Crippen LogP contribution in [0, 0.1) is 5.92 Å². The van der Waals surface area contributed by atoms with E-state index in [4.69, 9.17) is 23.2 Å². The van der Waals surface area contributed by atoms with Crippen LogP contribution in [0.4, 0.5) is 11.4 Å². The van der Waals surface area contributed by atoms with E-state index in [0.717, 1.165) is 17.8 Å². The largest absolute Gasteiger partial charge is 0.322 e. The summed E-state index contributed by atoms with van der Waals surface area (Å²) in [4.78, 5) is 30.9. The van der Waals surface area contributed by atoms with E-state index in [-0.39, 0.29) is 11.8 Å². The molecule has 2 fully saturated rings. The van der Waals surface area contributed by atoms with Crippen molar-refractivity contribution in [1.82, 2.24) is 4.90 Å². The van der Waals surface area contributed by atoms with Crippen LogP contribution in [0.5, 0.6) is 0 Å². The number of halogens is 2. The summed E-state index contributed by atoms with van der Waals surface area (Å²) in [5.41, 5.74) is 3.62. The van der Waals surface area contributed by atoms with Crippen molar-refractivity contribution < 1.29 is 9.59 Å². The minimum Gasteiger partial charge on any atom is -0.322 e. The Morgan fingerprint density at radius 1 is 0.943 bits per heavy atom. The Kier molecular flexibility index (Phi) is 5.79. The van der Waals surface area contributed by atoms with E-state index in [9.17, 15) is 9.59 Å². The molecule has 1 saturated carbocycles. The zero-order chi connectivity index (χ0) is 24.1. The van der Waals surface area contributed by atoms with Crippen LogP contribution < -0.4 is 10.2 Å². The molecule has 0 radical (unpaired) electrons. The third-order valence-corrected chi connectivity index (χ3v) is 8.26. The number of nitrogens with zero attached hydrogens (tertiary/aromatic N) is 2. The monoisotopic (exact) mass is 505 g/mol. The van der Waals surface area contributed by atoms with E-state index in [1.807, 2.05) is 17.0 Å². The van der Waals surface area contributed by atoms with Gasteiger partial charge in [-0.2, -0.15) is 0 Å². The smallest absolute Gasteiger partial charge is 0.258 e. The fourth-order valence-electron chi connectivity index (χ4n) is 5.98. The lowest BCUT2D eigenvalue weighted by atomic mass is 9.98. The summed E-state index contributed by atoms with van der Waals surface area (Å²) >= 11 is 12.5. The molecule has 3 aliphatic rings. The maximum atomic E-state index is 13.8. The first kappa shape index (κ1) is 22.6. The van der Waals surface area contributed by atoms with Crippen molar-refractivity contribution in [1.29, 1.82) is 0 Å². The molecule has 2 bridgehead atoms. The molecule has 3 aromatic carbocycles. The Bertz CT molecular complexity index is 1310. The highest BCUT2D eigenvalue weighted by molar-refractivity contribution is 6.34. The van der Waals surface area contributed by atoms with Crippen LogP contribution in [0.1, 0.15) is 45.5 Å². The molecule has 7 heteroatoms. The summed E-state index contributed by atoms with van der Waals surface area (Å²) in [6, 6.07) is 20.8. The fourth-order valence-corrected chi connectivity index (χ4v) is 6.36. The molecule has 2 heterocycles. The molecule has 3 aromatic rings. The van der Waals surface area contributed by atoms with Crippen LogP contribution in [0.3, 0.4) is 0 Å². The number of hydrogen-bond donors (Lipinski definition) is 1. The van der Waals surface area contributed by atoms with Gasteiger partial charge in [0.2, 0.25) is 0 Å². The molecule has 0 aromatic heterocycles. The van der Waals surface area contributed by atoms with Gasteiger partial charge in [-0.15, -0.1) is 0 Å². The molecule has 2 aliphatic heterocycles. The van der Waals surface area contributed by atoms with Gasteiger partial charge in [0.15, 0.2) is 0 Å². The van der Waals surface area contributed by atoms with Gasteiger partial charge in [-0.05, 0) is 79.3 Å². The Hall–Kier alpha value is -2.86. The van der Waals surface area contributed by atoms with Gasteiger partial charge < -0.3 is 10.2 Å². The maximum absolute atomic E-state index is 13.8. The molecule has 6 rings (SSSR count). The maximum Gasteiger partial charge on any atom is 0.258 e. The van der Waals surface area contributed by atoms with Crippen LogP contribution in [0.25, 0.3) is 0 Å². The normalized spacial score (nSPS) is 22.9. The van der Waals surface area contributed by atoms with Gasteiger partial charge in [0, 0.05) is 47.1 Å². The number of anilines is 2. The average Bonchev–Trinajstić information content (AvgIpc) is 3.41. The highest BCUT2D eigenvalue weighted by Crippen LogP contribution is 2.46. The van der Waals surface area contributed by atoms with Gasteiger partial charge in [0.1, 0.15) is 0 Å². The van der Waals surface area contributed by atoms with Crippen molar-refractivity contribution in [2.75, 3.05) is 16.8 Å². The quantitative estimate of drug-likeness (QED) is 0.456. The SMILES string of the molecule is O=C(Nc1ccc(C(=O)N2CC3C4CCC(C4)N3Cc3ccc(Cl)cc32)cc1)c1ccccc1Cl. The van der Waals surface area contributed by atoms with Gasteiger partial charge in [-0.3, -0.25) is 14.5 Å². The fraction of sp³-hybridized carbons (Fsp3) is 0.286. The lowest BCUT2D eigenvalue weighted by Gasteiger charge is -2.35. The van der Waals surface area contributed by atoms with Crippen molar-refractivity contribution in [3.8, 4) is 0 Å². The number of rotatable bonds is 3. The third kappa shape index (κ3) is 4.12. The van der Waals surface area contributed by atoms with Crippen molar-refractivity contribution >= 4 is 46.4 Å². The van der Waals surface area contributed by atoms with Crippen LogP contribution in [0.2, 0.25) is 10.0 Å². The Balaban J connectivity index is 1.26. The summed E-state index contributed by atoms with van der Waals surface area (Å²) in [7, 11) is 0. The van der Waals surface area contributed by atoms with E-state index in [1.54, 1.807) is 48.5 Å². The van der Waals surface area contributed by atoms with Crippen LogP contribution >= 0.6 is 23.2 Å². The molecule has 1 aliphatic carbocycles. The number of benzene rings is 3. The molecule has 35 heavy (non-hydrogen) atoms. The molecule has 178 valence electrons.